The first-order chi connectivity index (χ1) is 10.9. The van der Waals surface area contributed by atoms with Crippen LogP contribution in [-0.2, 0) is 10.6 Å². The second kappa shape index (κ2) is 6.43. The van der Waals surface area contributed by atoms with Gasteiger partial charge in [-0.05, 0) is 0 Å². The summed E-state index contributed by atoms with van der Waals surface area (Å²) in [4.78, 5) is 0. The maximum atomic E-state index is 5.42. The van der Waals surface area contributed by atoms with Crippen LogP contribution in [0.1, 0.15) is 11.1 Å². The molecule has 0 spiro atoms. The molecule has 0 atom stereocenters. The van der Waals surface area contributed by atoms with Crippen molar-refractivity contribution in [1.82, 2.24) is 0 Å². The number of ether oxygens (including phenoxy) is 4. The molecule has 6 heteroatoms. The van der Waals surface area contributed by atoms with Crippen LogP contribution in [0.5, 0.6) is 23.0 Å². The molecule has 4 rings (SSSR count). The molecule has 0 aromatic heterocycles. The standard InChI is InChI=1S/C16H14O4Se2/c1-3-13-15(19-9-17-13)5-11(1)7-21-22-8-12-2-4-14-16(6-12)20-10-18-14/h1-6H,7-10H2. The molecule has 22 heavy (non-hydrogen) atoms. The Bertz CT molecular complexity index is 630. The average Bonchev–Trinajstić information content (AvgIpc) is 3.19. The molecule has 2 aromatic rings. The molecule has 4 nitrogen and oxygen atoms in total. The van der Waals surface area contributed by atoms with Crippen molar-refractivity contribution in [2.45, 2.75) is 10.6 Å². The zero-order valence-electron chi connectivity index (χ0n) is 11.7. The molecule has 0 amide bonds. The van der Waals surface area contributed by atoms with E-state index in [1.165, 1.54) is 11.1 Å². The normalized spacial score (nSPS) is 14.4. The van der Waals surface area contributed by atoms with Gasteiger partial charge >= 0.3 is 140 Å². The van der Waals surface area contributed by atoms with E-state index < -0.39 is 0 Å². The van der Waals surface area contributed by atoms with Gasteiger partial charge in [-0.1, -0.05) is 0 Å². The third kappa shape index (κ3) is 3.06. The molecule has 2 heterocycles. The Morgan fingerprint density at radius 3 is 1.59 bits per heavy atom. The van der Waals surface area contributed by atoms with E-state index in [0.29, 0.717) is 39.8 Å². The average molecular weight is 428 g/mol. The quantitative estimate of drug-likeness (QED) is 0.541. The van der Waals surface area contributed by atoms with Gasteiger partial charge in [-0.2, -0.15) is 0 Å². The molecule has 0 fully saturated rings. The second-order valence-electron chi connectivity index (χ2n) is 4.90. The summed E-state index contributed by atoms with van der Waals surface area (Å²) in [7, 11) is 0. The number of benzene rings is 2. The Balaban J connectivity index is 1.29. The predicted molar refractivity (Wildman–Crippen MR) is 84.0 cm³/mol. The zero-order valence-corrected chi connectivity index (χ0v) is 15.2. The summed E-state index contributed by atoms with van der Waals surface area (Å²) in [5.74, 6) is 3.50. The zero-order chi connectivity index (χ0) is 14.8. The summed E-state index contributed by atoms with van der Waals surface area (Å²) in [6.45, 7) is 0.690. The van der Waals surface area contributed by atoms with E-state index in [4.69, 9.17) is 18.9 Å². The third-order valence-corrected chi connectivity index (χ3v) is 10.0. The molecule has 0 aliphatic carbocycles. The van der Waals surface area contributed by atoms with Crippen LogP contribution in [0.15, 0.2) is 36.4 Å². The van der Waals surface area contributed by atoms with Crippen molar-refractivity contribution in [3.05, 3.63) is 47.5 Å². The van der Waals surface area contributed by atoms with E-state index >= 15 is 0 Å². The van der Waals surface area contributed by atoms with E-state index in [9.17, 15) is 0 Å². The second-order valence-corrected chi connectivity index (χ2v) is 12.2. The van der Waals surface area contributed by atoms with E-state index in [2.05, 4.69) is 24.3 Å². The summed E-state index contributed by atoms with van der Waals surface area (Å²) >= 11 is 1.27. The van der Waals surface area contributed by atoms with E-state index in [1.807, 2.05) is 12.1 Å². The van der Waals surface area contributed by atoms with Gasteiger partial charge in [-0.3, -0.25) is 0 Å². The summed E-state index contributed by atoms with van der Waals surface area (Å²) in [6.07, 6.45) is 0. The van der Waals surface area contributed by atoms with Gasteiger partial charge < -0.3 is 0 Å². The van der Waals surface area contributed by atoms with Gasteiger partial charge in [0.15, 0.2) is 0 Å². The fourth-order valence-corrected chi connectivity index (χ4v) is 8.74. The van der Waals surface area contributed by atoms with Crippen LogP contribution < -0.4 is 18.9 Å². The van der Waals surface area contributed by atoms with Gasteiger partial charge in [-0.25, -0.2) is 0 Å². The van der Waals surface area contributed by atoms with Crippen LogP contribution in [0.2, 0.25) is 0 Å². The first-order valence-electron chi connectivity index (χ1n) is 6.90. The first kappa shape index (κ1) is 14.3. The van der Waals surface area contributed by atoms with E-state index in [-0.39, 0.29) is 0 Å². The fraction of sp³-hybridized carbons (Fsp3) is 0.250. The minimum atomic E-state index is 0.345. The van der Waals surface area contributed by atoms with Crippen molar-refractivity contribution in [2.75, 3.05) is 13.6 Å². The monoisotopic (exact) mass is 430 g/mol. The van der Waals surface area contributed by atoms with Crippen molar-refractivity contribution >= 4 is 26.3 Å². The molecule has 0 bridgehead atoms. The van der Waals surface area contributed by atoms with Gasteiger partial charge in [0.25, 0.3) is 0 Å². The van der Waals surface area contributed by atoms with Gasteiger partial charge in [0, 0.05) is 0 Å². The van der Waals surface area contributed by atoms with Crippen LogP contribution in [0.4, 0.5) is 0 Å². The summed E-state index contributed by atoms with van der Waals surface area (Å²) < 4.78 is 21.5. The molecule has 2 aliphatic heterocycles. The van der Waals surface area contributed by atoms with Gasteiger partial charge in [0.2, 0.25) is 0 Å². The number of hydrogen-bond acceptors (Lipinski definition) is 4. The number of hydrogen-bond donors (Lipinski definition) is 0. The van der Waals surface area contributed by atoms with Crippen LogP contribution in [0.25, 0.3) is 0 Å². The van der Waals surface area contributed by atoms with Crippen molar-refractivity contribution in [2.24, 2.45) is 0 Å². The molecule has 2 aromatic carbocycles. The fourth-order valence-electron chi connectivity index (χ4n) is 2.28. The van der Waals surface area contributed by atoms with Crippen LogP contribution >= 0.6 is 0 Å². The predicted octanol–water partition coefficient (Wildman–Crippen LogP) is 2.17. The summed E-state index contributed by atoms with van der Waals surface area (Å²) in [5.41, 5.74) is 2.69. The van der Waals surface area contributed by atoms with Crippen LogP contribution in [0.3, 0.4) is 0 Å². The van der Waals surface area contributed by atoms with Crippen molar-refractivity contribution < 1.29 is 18.9 Å². The van der Waals surface area contributed by atoms with Gasteiger partial charge in [0.1, 0.15) is 0 Å². The summed E-state index contributed by atoms with van der Waals surface area (Å²) in [6, 6.07) is 12.5. The molecule has 0 N–H and O–H groups in total. The summed E-state index contributed by atoms with van der Waals surface area (Å²) in [5, 5.41) is 2.29. The Morgan fingerprint density at radius 1 is 0.636 bits per heavy atom. The molecule has 114 valence electrons. The molecular formula is C16H14O4Se2. The first-order valence-corrected chi connectivity index (χ1v) is 13.7. The van der Waals surface area contributed by atoms with E-state index in [0.717, 1.165) is 33.6 Å². The molecule has 2 aliphatic rings. The molecule has 0 saturated carbocycles. The number of fused-ring (bicyclic) bond motifs is 2. The van der Waals surface area contributed by atoms with Gasteiger partial charge in [0.05, 0.1) is 0 Å². The van der Waals surface area contributed by atoms with E-state index in [1.54, 1.807) is 0 Å². The minimum absolute atomic E-state index is 0.345. The SMILES string of the molecule is c1cc2c(cc1C[Se][Se]Cc1ccc3c(c1)OCO3)OCO2. The Morgan fingerprint density at radius 2 is 1.09 bits per heavy atom. The Hall–Kier alpha value is -1.32. The molecule has 0 radical (unpaired) electrons. The van der Waals surface area contributed by atoms with Crippen LogP contribution in [-0.4, -0.2) is 39.8 Å². The van der Waals surface area contributed by atoms with Crippen LogP contribution in [0, 0.1) is 0 Å². The maximum absolute atomic E-state index is 5.42. The van der Waals surface area contributed by atoms with Crippen molar-refractivity contribution in [3.63, 3.8) is 0 Å². The van der Waals surface area contributed by atoms with Crippen molar-refractivity contribution in [3.8, 4) is 23.0 Å². The topological polar surface area (TPSA) is 36.9 Å². The van der Waals surface area contributed by atoms with Gasteiger partial charge in [-0.15, -0.1) is 0 Å². The number of rotatable bonds is 5. The van der Waals surface area contributed by atoms with Crippen molar-refractivity contribution in [1.29, 1.82) is 0 Å². The third-order valence-electron chi connectivity index (χ3n) is 3.41. The molecular weight excluding hydrogens is 414 g/mol. The molecule has 0 unspecified atom stereocenters. The Kier molecular flexibility index (Phi) is 4.17. The Labute approximate surface area is 140 Å². The molecule has 0 saturated heterocycles.